The van der Waals surface area contributed by atoms with Crippen molar-refractivity contribution in [1.29, 1.82) is 0 Å². The lowest BCUT2D eigenvalue weighted by molar-refractivity contribution is 0.0165. The van der Waals surface area contributed by atoms with Crippen molar-refractivity contribution in [2.45, 2.75) is 79.1 Å². The fourth-order valence-corrected chi connectivity index (χ4v) is 4.23. The summed E-state index contributed by atoms with van der Waals surface area (Å²) in [5.74, 6) is 2.25. The van der Waals surface area contributed by atoms with Crippen LogP contribution >= 0.6 is 0 Å². The molecule has 0 saturated carbocycles. The number of hydrogen-bond acceptors (Lipinski definition) is 4. The van der Waals surface area contributed by atoms with Crippen LogP contribution in [-0.4, -0.2) is 26.8 Å². The van der Waals surface area contributed by atoms with Crippen LogP contribution in [0.25, 0.3) is 0 Å². The molecule has 0 aromatic heterocycles. The van der Waals surface area contributed by atoms with Crippen LogP contribution in [0, 0.1) is 5.92 Å². The minimum Gasteiger partial charge on any atom is -0.467 e. The Morgan fingerprint density at radius 2 is 1.61 bits per heavy atom. The van der Waals surface area contributed by atoms with Crippen LogP contribution in [0.15, 0.2) is 35.9 Å². The first kappa shape index (κ1) is 25.5. The average molecular weight is 431 g/mol. The summed E-state index contributed by atoms with van der Waals surface area (Å²) in [5.41, 5.74) is 4.93. The van der Waals surface area contributed by atoms with Gasteiger partial charge in [-0.15, -0.1) is 0 Å². The molecule has 2 rings (SSSR count). The highest BCUT2D eigenvalue weighted by Crippen LogP contribution is 2.47. The molecule has 174 valence electrons. The van der Waals surface area contributed by atoms with Crippen molar-refractivity contribution >= 4 is 0 Å². The fraction of sp³-hybridized carbons (Fsp3) is 0.630. The van der Waals surface area contributed by atoms with Crippen molar-refractivity contribution in [2.75, 3.05) is 26.8 Å². The maximum absolute atomic E-state index is 6.19. The monoisotopic (exact) mass is 430 g/mol. The van der Waals surface area contributed by atoms with E-state index in [1.54, 1.807) is 0 Å². The molecule has 2 atom stereocenters. The van der Waals surface area contributed by atoms with Crippen molar-refractivity contribution in [3.63, 3.8) is 0 Å². The second kappa shape index (κ2) is 13.6. The lowest BCUT2D eigenvalue weighted by atomic mass is 9.73. The van der Waals surface area contributed by atoms with Gasteiger partial charge in [0.15, 0.2) is 13.6 Å². The SMILES string of the molecule is C=C(C)[C@@H]1CCC(C)=C[C@H]1c1c(OCOCC)cc(CCCCC)cc1OCOCC. The van der Waals surface area contributed by atoms with Crippen LogP contribution in [0.3, 0.4) is 0 Å². The number of allylic oxidation sites excluding steroid dienone is 3. The Balaban J connectivity index is 2.52. The summed E-state index contributed by atoms with van der Waals surface area (Å²) in [7, 11) is 0. The van der Waals surface area contributed by atoms with E-state index in [1.165, 1.54) is 29.6 Å². The molecule has 1 aromatic carbocycles. The molecule has 0 heterocycles. The van der Waals surface area contributed by atoms with Gasteiger partial charge in [-0.2, -0.15) is 0 Å². The molecule has 4 nitrogen and oxygen atoms in total. The zero-order valence-electron chi connectivity index (χ0n) is 20.3. The Bertz CT molecular complexity index is 691. The summed E-state index contributed by atoms with van der Waals surface area (Å²) in [6.45, 7) is 16.5. The molecule has 0 spiro atoms. The first-order valence-corrected chi connectivity index (χ1v) is 11.9. The predicted molar refractivity (Wildman–Crippen MR) is 128 cm³/mol. The van der Waals surface area contributed by atoms with Gasteiger partial charge >= 0.3 is 0 Å². The maximum Gasteiger partial charge on any atom is 0.189 e. The Morgan fingerprint density at radius 3 is 2.13 bits per heavy atom. The Kier molecular flexibility index (Phi) is 11.2. The number of aryl methyl sites for hydroxylation is 1. The molecule has 0 amide bonds. The molecular formula is C27H42O4. The fourth-order valence-electron chi connectivity index (χ4n) is 4.23. The molecular weight excluding hydrogens is 388 g/mol. The smallest absolute Gasteiger partial charge is 0.189 e. The van der Waals surface area contributed by atoms with E-state index >= 15 is 0 Å². The van der Waals surface area contributed by atoms with Gasteiger partial charge in [-0.1, -0.05) is 43.6 Å². The highest BCUT2D eigenvalue weighted by Gasteiger charge is 2.31. The zero-order chi connectivity index (χ0) is 22.6. The van der Waals surface area contributed by atoms with Gasteiger partial charge in [-0.3, -0.25) is 0 Å². The van der Waals surface area contributed by atoms with Crippen LogP contribution < -0.4 is 9.47 Å². The summed E-state index contributed by atoms with van der Waals surface area (Å²) in [6, 6.07) is 4.37. The van der Waals surface area contributed by atoms with Gasteiger partial charge in [0.05, 0.1) is 0 Å². The molecule has 0 aliphatic heterocycles. The predicted octanol–water partition coefficient (Wildman–Crippen LogP) is 7.18. The summed E-state index contributed by atoms with van der Waals surface area (Å²) >= 11 is 0. The molecule has 1 aromatic rings. The highest BCUT2D eigenvalue weighted by atomic mass is 16.7. The van der Waals surface area contributed by atoms with Crippen molar-refractivity contribution in [3.8, 4) is 11.5 Å². The average Bonchev–Trinajstić information content (AvgIpc) is 2.74. The Morgan fingerprint density at radius 1 is 1.00 bits per heavy atom. The molecule has 1 aliphatic rings. The molecule has 0 saturated heterocycles. The summed E-state index contributed by atoms with van der Waals surface area (Å²) in [6.07, 6.45) is 9.15. The third kappa shape index (κ3) is 7.69. The van der Waals surface area contributed by atoms with Gasteiger partial charge in [0.1, 0.15) is 11.5 Å². The van der Waals surface area contributed by atoms with Gasteiger partial charge in [-0.05, 0) is 77.0 Å². The largest absolute Gasteiger partial charge is 0.467 e. The van der Waals surface area contributed by atoms with Crippen molar-refractivity contribution < 1.29 is 18.9 Å². The number of benzene rings is 1. The summed E-state index contributed by atoms with van der Waals surface area (Å²) in [4.78, 5) is 0. The molecule has 0 bridgehead atoms. The number of unbranched alkanes of at least 4 members (excludes halogenated alkanes) is 2. The minimum atomic E-state index is 0.171. The normalized spacial score (nSPS) is 18.5. The lowest BCUT2D eigenvalue weighted by Crippen LogP contribution is -2.20. The third-order valence-corrected chi connectivity index (χ3v) is 5.95. The van der Waals surface area contributed by atoms with E-state index in [4.69, 9.17) is 18.9 Å². The van der Waals surface area contributed by atoms with Gasteiger partial charge in [0, 0.05) is 24.7 Å². The van der Waals surface area contributed by atoms with E-state index in [9.17, 15) is 0 Å². The molecule has 0 fully saturated rings. The van der Waals surface area contributed by atoms with Gasteiger partial charge in [0.2, 0.25) is 0 Å². The van der Waals surface area contributed by atoms with Crippen LogP contribution in [0.4, 0.5) is 0 Å². The summed E-state index contributed by atoms with van der Waals surface area (Å²) < 4.78 is 23.4. The molecule has 0 radical (unpaired) electrons. The molecule has 4 heteroatoms. The minimum absolute atomic E-state index is 0.171. The van der Waals surface area contributed by atoms with Gasteiger partial charge in [-0.25, -0.2) is 0 Å². The van der Waals surface area contributed by atoms with E-state index in [0.29, 0.717) is 19.1 Å². The standard InChI is InChI=1S/C27H42O4/c1-7-10-11-12-22-16-25(30-18-28-8-2)27(26(17-22)31-19-29-9-3)24-15-21(6)13-14-23(24)20(4)5/h15-17,23-24H,4,7-14,18-19H2,1-3,5-6H3/t23-,24+/m0/s1. The number of ether oxygens (including phenoxy) is 4. The second-order valence-corrected chi connectivity index (χ2v) is 8.50. The van der Waals surface area contributed by atoms with E-state index in [0.717, 1.165) is 42.7 Å². The molecule has 31 heavy (non-hydrogen) atoms. The van der Waals surface area contributed by atoms with Crippen LogP contribution in [-0.2, 0) is 15.9 Å². The quantitative estimate of drug-likeness (QED) is 0.178. The van der Waals surface area contributed by atoms with E-state index in [-0.39, 0.29) is 19.5 Å². The van der Waals surface area contributed by atoms with Crippen LogP contribution in [0.5, 0.6) is 11.5 Å². The van der Waals surface area contributed by atoms with Gasteiger partial charge in [0.25, 0.3) is 0 Å². The summed E-state index contributed by atoms with van der Waals surface area (Å²) in [5, 5.41) is 0. The van der Waals surface area contributed by atoms with Crippen LogP contribution in [0.1, 0.15) is 83.8 Å². The van der Waals surface area contributed by atoms with Crippen molar-refractivity contribution in [3.05, 3.63) is 47.1 Å². The zero-order valence-corrected chi connectivity index (χ0v) is 20.3. The highest BCUT2D eigenvalue weighted by molar-refractivity contribution is 5.53. The Labute approximate surface area is 189 Å². The van der Waals surface area contributed by atoms with Crippen molar-refractivity contribution in [2.24, 2.45) is 5.92 Å². The van der Waals surface area contributed by atoms with E-state index < -0.39 is 0 Å². The van der Waals surface area contributed by atoms with Crippen molar-refractivity contribution in [1.82, 2.24) is 0 Å². The lowest BCUT2D eigenvalue weighted by Gasteiger charge is -2.33. The van der Waals surface area contributed by atoms with E-state index in [2.05, 4.69) is 45.6 Å². The first-order valence-electron chi connectivity index (χ1n) is 11.9. The second-order valence-electron chi connectivity index (χ2n) is 8.50. The van der Waals surface area contributed by atoms with Crippen LogP contribution in [0.2, 0.25) is 0 Å². The molecule has 0 N–H and O–H groups in total. The number of hydrogen-bond donors (Lipinski definition) is 0. The topological polar surface area (TPSA) is 36.9 Å². The third-order valence-electron chi connectivity index (χ3n) is 5.95. The maximum atomic E-state index is 6.19. The molecule has 1 aliphatic carbocycles. The Hall–Kier alpha value is -1.78. The first-order chi connectivity index (χ1) is 15.0. The van der Waals surface area contributed by atoms with E-state index in [1.807, 2.05) is 13.8 Å². The van der Waals surface area contributed by atoms with Gasteiger partial charge < -0.3 is 18.9 Å². The number of rotatable bonds is 14. The molecule has 0 unspecified atom stereocenters.